The molecule has 0 rings (SSSR count). The van der Waals surface area contributed by atoms with Crippen LogP contribution in [-0.2, 0) is 4.74 Å². The van der Waals surface area contributed by atoms with E-state index in [9.17, 15) is 30.7 Å². The Labute approximate surface area is 106 Å². The Morgan fingerprint density at radius 2 is 1.42 bits per heavy atom. The number of rotatable bonds is 8. The van der Waals surface area contributed by atoms with Crippen LogP contribution < -0.4 is 0 Å². The minimum atomic E-state index is -6.20. The van der Waals surface area contributed by atoms with Crippen LogP contribution in [0, 0.1) is 0 Å². The Balaban J connectivity index is 4.30. The summed E-state index contributed by atoms with van der Waals surface area (Å²) in [5.41, 5.74) is 0. The molecule has 0 aliphatic rings. The molecule has 19 heavy (non-hydrogen) atoms. The van der Waals surface area contributed by atoms with Crippen molar-refractivity contribution < 1.29 is 35.5 Å². The fourth-order valence-corrected chi connectivity index (χ4v) is 1.18. The Morgan fingerprint density at radius 3 is 1.89 bits per heavy atom. The van der Waals surface area contributed by atoms with Crippen LogP contribution in [0.15, 0.2) is 11.8 Å². The van der Waals surface area contributed by atoms with Gasteiger partial charge in [-0.1, -0.05) is 32.6 Å². The number of halogens is 7. The van der Waals surface area contributed by atoms with E-state index in [-0.39, 0.29) is 6.42 Å². The van der Waals surface area contributed by atoms with Gasteiger partial charge in [0.2, 0.25) is 0 Å². The molecule has 0 spiro atoms. The topological polar surface area (TPSA) is 9.23 Å². The molecule has 0 aliphatic heterocycles. The molecule has 0 bridgehead atoms. The summed E-state index contributed by atoms with van der Waals surface area (Å²) in [6, 6.07) is -2.52. The van der Waals surface area contributed by atoms with E-state index in [1.54, 1.807) is 0 Å². The highest BCUT2D eigenvalue weighted by Crippen LogP contribution is 2.43. The predicted molar refractivity (Wildman–Crippen MR) is 55.0 cm³/mol. The van der Waals surface area contributed by atoms with Crippen LogP contribution in [0.1, 0.15) is 39.0 Å². The summed E-state index contributed by atoms with van der Waals surface area (Å²) in [5.74, 6) is -9.12. The van der Waals surface area contributed by atoms with Crippen LogP contribution >= 0.6 is 0 Å². The lowest BCUT2D eigenvalue weighted by molar-refractivity contribution is -0.272. The van der Waals surface area contributed by atoms with Gasteiger partial charge < -0.3 is 4.74 Å². The Morgan fingerprint density at radius 1 is 0.895 bits per heavy atom. The lowest BCUT2D eigenvalue weighted by atomic mass is 10.2. The molecule has 0 N–H and O–H groups in total. The highest BCUT2D eigenvalue weighted by Gasteiger charge is 2.63. The molecule has 0 saturated heterocycles. The average Bonchev–Trinajstić information content (AvgIpc) is 2.30. The quantitative estimate of drug-likeness (QED) is 0.336. The molecule has 0 aromatic rings. The van der Waals surface area contributed by atoms with Crippen molar-refractivity contribution in [1.82, 2.24) is 0 Å². The van der Waals surface area contributed by atoms with Crippen molar-refractivity contribution in [3.63, 3.8) is 0 Å². The standard InChI is InChI=1S/C11H15F7O/c1-2-3-4-5-6-7-19-9(13)8(12)10(14,15)11(16,17)18/h2-7H2,1H3. The maximum absolute atomic E-state index is 12.7. The number of hydrogen-bond acceptors (Lipinski definition) is 1. The summed E-state index contributed by atoms with van der Waals surface area (Å²) in [7, 11) is 0. The first-order chi connectivity index (χ1) is 8.64. The lowest BCUT2D eigenvalue weighted by Crippen LogP contribution is -2.37. The van der Waals surface area contributed by atoms with Crippen LogP contribution in [0.25, 0.3) is 0 Å². The molecule has 0 radical (unpaired) electrons. The summed E-state index contributed by atoms with van der Waals surface area (Å²) < 4.78 is 89.2. The van der Waals surface area contributed by atoms with Gasteiger partial charge in [-0.3, -0.25) is 0 Å². The molecule has 0 heterocycles. The zero-order valence-corrected chi connectivity index (χ0v) is 10.3. The van der Waals surface area contributed by atoms with Gasteiger partial charge in [-0.2, -0.15) is 30.7 Å². The van der Waals surface area contributed by atoms with Crippen LogP contribution in [0.2, 0.25) is 0 Å². The van der Waals surface area contributed by atoms with Crippen molar-refractivity contribution in [1.29, 1.82) is 0 Å². The van der Waals surface area contributed by atoms with Crippen molar-refractivity contribution in [2.45, 2.75) is 51.1 Å². The van der Waals surface area contributed by atoms with Crippen molar-refractivity contribution in [2.24, 2.45) is 0 Å². The molecule has 0 aromatic carbocycles. The predicted octanol–water partition coefficient (Wildman–Crippen LogP) is 5.28. The van der Waals surface area contributed by atoms with Crippen molar-refractivity contribution >= 4 is 0 Å². The second-order valence-electron chi connectivity index (χ2n) is 3.92. The van der Waals surface area contributed by atoms with Gasteiger partial charge >= 0.3 is 18.1 Å². The Kier molecular flexibility index (Phi) is 7.21. The van der Waals surface area contributed by atoms with Crippen molar-refractivity contribution in [3.05, 3.63) is 11.8 Å². The van der Waals surface area contributed by atoms with Gasteiger partial charge in [0.15, 0.2) is 0 Å². The van der Waals surface area contributed by atoms with Gasteiger partial charge in [0.25, 0.3) is 5.83 Å². The third kappa shape index (κ3) is 5.69. The second-order valence-corrected chi connectivity index (χ2v) is 3.92. The van der Waals surface area contributed by atoms with Gasteiger partial charge in [-0.15, -0.1) is 0 Å². The summed E-state index contributed by atoms with van der Waals surface area (Å²) in [6.07, 6.45) is -2.69. The number of hydrogen-bond donors (Lipinski definition) is 0. The van der Waals surface area contributed by atoms with Gasteiger partial charge in [0.05, 0.1) is 6.61 Å². The zero-order valence-electron chi connectivity index (χ0n) is 10.3. The molecule has 0 unspecified atom stereocenters. The third-order valence-electron chi connectivity index (χ3n) is 2.28. The van der Waals surface area contributed by atoms with E-state index in [0.717, 1.165) is 19.3 Å². The number of alkyl halides is 5. The normalized spacial score (nSPS) is 14.3. The first-order valence-electron chi connectivity index (χ1n) is 5.77. The molecule has 114 valence electrons. The second kappa shape index (κ2) is 7.59. The largest absolute Gasteiger partial charge is 0.469 e. The van der Waals surface area contributed by atoms with E-state index in [1.165, 1.54) is 0 Å². The van der Waals surface area contributed by atoms with Crippen molar-refractivity contribution in [2.75, 3.05) is 6.61 Å². The minimum Gasteiger partial charge on any atom is -0.469 e. The first kappa shape index (κ1) is 18.0. The monoisotopic (exact) mass is 296 g/mol. The fourth-order valence-electron chi connectivity index (χ4n) is 1.18. The molecule has 0 amide bonds. The number of unbranched alkanes of at least 4 members (excludes halogenated alkanes) is 4. The molecule has 1 nitrogen and oxygen atoms in total. The summed E-state index contributed by atoms with van der Waals surface area (Å²) in [5, 5.41) is 0. The summed E-state index contributed by atoms with van der Waals surface area (Å²) in [6.45, 7) is 1.50. The minimum absolute atomic E-state index is 0.248. The van der Waals surface area contributed by atoms with Crippen LogP contribution in [-0.4, -0.2) is 18.7 Å². The molecule has 0 atom stereocenters. The molecular weight excluding hydrogens is 281 g/mol. The van der Waals surface area contributed by atoms with E-state index in [2.05, 4.69) is 4.74 Å². The summed E-state index contributed by atoms with van der Waals surface area (Å²) >= 11 is 0. The van der Waals surface area contributed by atoms with E-state index < -0.39 is 30.5 Å². The Bertz CT molecular complexity index is 296. The van der Waals surface area contributed by atoms with Gasteiger partial charge in [0, 0.05) is 0 Å². The molecular formula is C11H15F7O. The Hall–Kier alpha value is -0.950. The third-order valence-corrected chi connectivity index (χ3v) is 2.28. The average molecular weight is 296 g/mol. The summed E-state index contributed by atoms with van der Waals surface area (Å²) in [4.78, 5) is 0. The molecule has 0 aliphatic carbocycles. The first-order valence-corrected chi connectivity index (χ1v) is 5.77. The van der Waals surface area contributed by atoms with E-state index >= 15 is 0 Å². The lowest BCUT2D eigenvalue weighted by Gasteiger charge is -2.17. The van der Waals surface area contributed by atoms with E-state index in [4.69, 9.17) is 0 Å². The highest BCUT2D eigenvalue weighted by molar-refractivity contribution is 5.08. The zero-order chi connectivity index (χ0) is 15.1. The number of allylic oxidation sites excluding steroid dienone is 1. The van der Waals surface area contributed by atoms with E-state index in [0.29, 0.717) is 6.42 Å². The molecule has 0 aromatic heterocycles. The van der Waals surface area contributed by atoms with E-state index in [1.807, 2.05) is 6.92 Å². The SMILES string of the molecule is CCCCCCCOC(F)=C(F)C(F)(F)C(F)(F)F. The smallest absolute Gasteiger partial charge is 0.460 e. The van der Waals surface area contributed by atoms with Crippen molar-refractivity contribution in [3.8, 4) is 0 Å². The van der Waals surface area contributed by atoms with Crippen LogP contribution in [0.3, 0.4) is 0 Å². The maximum Gasteiger partial charge on any atom is 0.460 e. The maximum atomic E-state index is 12.7. The van der Waals surface area contributed by atoms with Crippen LogP contribution in [0.4, 0.5) is 30.7 Å². The molecule has 8 heteroatoms. The fraction of sp³-hybridized carbons (Fsp3) is 0.818. The van der Waals surface area contributed by atoms with Gasteiger partial charge in [-0.05, 0) is 6.42 Å². The van der Waals surface area contributed by atoms with Crippen LogP contribution in [0.5, 0.6) is 0 Å². The number of ether oxygens (including phenoxy) is 1. The van der Waals surface area contributed by atoms with Gasteiger partial charge in [-0.25, -0.2) is 0 Å². The van der Waals surface area contributed by atoms with Gasteiger partial charge in [0.1, 0.15) is 0 Å². The molecule has 0 saturated carbocycles. The highest BCUT2D eigenvalue weighted by atomic mass is 19.4. The molecule has 0 fully saturated rings.